The minimum atomic E-state index is -0.142. The zero-order chi connectivity index (χ0) is 11.7. The molecule has 0 aliphatic heterocycles. The zero-order valence-electron chi connectivity index (χ0n) is 9.71. The Kier molecular flexibility index (Phi) is 2.78. The lowest BCUT2D eigenvalue weighted by atomic mass is 10.2. The van der Waals surface area contributed by atoms with Crippen molar-refractivity contribution in [1.82, 2.24) is 14.7 Å². The minimum absolute atomic E-state index is 0.142. The molecule has 0 radical (unpaired) electrons. The van der Waals surface area contributed by atoms with Crippen molar-refractivity contribution >= 4 is 0 Å². The van der Waals surface area contributed by atoms with E-state index in [1.54, 1.807) is 12.5 Å². The number of aromatic nitrogens is 3. The molecule has 5 heteroatoms. The molecule has 0 fully saturated rings. The van der Waals surface area contributed by atoms with Crippen molar-refractivity contribution in [3.8, 4) is 11.4 Å². The summed E-state index contributed by atoms with van der Waals surface area (Å²) in [7, 11) is 0. The molecule has 16 heavy (non-hydrogen) atoms. The van der Waals surface area contributed by atoms with Crippen LogP contribution in [0.2, 0.25) is 0 Å². The molecule has 2 N–H and O–H groups in total. The number of nitrogens with two attached hydrogens (primary N) is 1. The van der Waals surface area contributed by atoms with Gasteiger partial charge in [-0.05, 0) is 20.8 Å². The van der Waals surface area contributed by atoms with Gasteiger partial charge in [-0.25, -0.2) is 4.98 Å². The fraction of sp³-hybridized carbons (Fsp3) is 0.455. The lowest BCUT2D eigenvalue weighted by Gasteiger charge is -2.08. The van der Waals surface area contributed by atoms with Crippen molar-refractivity contribution in [1.29, 1.82) is 0 Å². The Morgan fingerprint density at radius 1 is 1.38 bits per heavy atom. The van der Waals surface area contributed by atoms with Gasteiger partial charge in [0.25, 0.3) is 0 Å². The summed E-state index contributed by atoms with van der Waals surface area (Å²) in [5.74, 6) is 0.687. The summed E-state index contributed by atoms with van der Waals surface area (Å²) in [4.78, 5) is 4.12. The van der Waals surface area contributed by atoms with E-state index in [0.29, 0.717) is 11.8 Å². The fourth-order valence-electron chi connectivity index (χ4n) is 1.54. The van der Waals surface area contributed by atoms with Gasteiger partial charge in [-0.2, -0.15) is 0 Å². The number of imidazole rings is 1. The summed E-state index contributed by atoms with van der Waals surface area (Å²) in [5, 5.41) is 4.01. The molecular weight excluding hydrogens is 204 g/mol. The van der Waals surface area contributed by atoms with Gasteiger partial charge in [0.2, 0.25) is 0 Å². The van der Waals surface area contributed by atoms with Gasteiger partial charge in [0.1, 0.15) is 5.69 Å². The SMILES string of the molecule is CC(N)c1cc(-c2cncn2C(C)C)no1. The third-order valence-corrected chi connectivity index (χ3v) is 2.46. The van der Waals surface area contributed by atoms with Gasteiger partial charge in [-0.1, -0.05) is 5.16 Å². The third-order valence-electron chi connectivity index (χ3n) is 2.46. The second-order valence-electron chi connectivity index (χ2n) is 4.18. The Morgan fingerprint density at radius 3 is 2.69 bits per heavy atom. The highest BCUT2D eigenvalue weighted by atomic mass is 16.5. The molecule has 5 nitrogen and oxygen atoms in total. The first-order valence-corrected chi connectivity index (χ1v) is 5.34. The first-order valence-electron chi connectivity index (χ1n) is 5.34. The summed E-state index contributed by atoms with van der Waals surface area (Å²) in [6.45, 7) is 6.06. The molecule has 0 saturated carbocycles. The normalized spacial score (nSPS) is 13.3. The van der Waals surface area contributed by atoms with E-state index in [-0.39, 0.29) is 6.04 Å². The lowest BCUT2D eigenvalue weighted by Crippen LogP contribution is -2.03. The highest BCUT2D eigenvalue weighted by Gasteiger charge is 2.14. The van der Waals surface area contributed by atoms with Crippen LogP contribution in [0.1, 0.15) is 38.6 Å². The van der Waals surface area contributed by atoms with Crippen molar-refractivity contribution < 1.29 is 4.52 Å². The van der Waals surface area contributed by atoms with Crippen molar-refractivity contribution in [3.63, 3.8) is 0 Å². The van der Waals surface area contributed by atoms with E-state index in [1.165, 1.54) is 0 Å². The van der Waals surface area contributed by atoms with Gasteiger partial charge in [0.15, 0.2) is 5.76 Å². The highest BCUT2D eigenvalue weighted by Crippen LogP contribution is 2.23. The lowest BCUT2D eigenvalue weighted by molar-refractivity contribution is 0.369. The van der Waals surface area contributed by atoms with Crippen LogP contribution in [0, 0.1) is 0 Å². The zero-order valence-corrected chi connectivity index (χ0v) is 9.71. The van der Waals surface area contributed by atoms with Crippen LogP contribution in [-0.2, 0) is 0 Å². The summed E-state index contributed by atoms with van der Waals surface area (Å²) in [5.41, 5.74) is 7.45. The molecule has 0 saturated heterocycles. The molecule has 2 aromatic heterocycles. The Labute approximate surface area is 94.3 Å². The van der Waals surface area contributed by atoms with E-state index in [9.17, 15) is 0 Å². The maximum absolute atomic E-state index is 5.72. The minimum Gasteiger partial charge on any atom is -0.359 e. The quantitative estimate of drug-likeness (QED) is 0.860. The van der Waals surface area contributed by atoms with Gasteiger partial charge in [0.05, 0.1) is 24.3 Å². The fourth-order valence-corrected chi connectivity index (χ4v) is 1.54. The topological polar surface area (TPSA) is 69.9 Å². The van der Waals surface area contributed by atoms with Crippen molar-refractivity contribution in [2.24, 2.45) is 5.73 Å². The molecule has 1 unspecified atom stereocenters. The molecule has 0 amide bonds. The molecule has 86 valence electrons. The van der Waals surface area contributed by atoms with Gasteiger partial charge in [0, 0.05) is 12.1 Å². The predicted molar refractivity (Wildman–Crippen MR) is 60.7 cm³/mol. The van der Waals surface area contributed by atoms with Crippen LogP contribution >= 0.6 is 0 Å². The standard InChI is InChI=1S/C11H16N4O/c1-7(2)15-6-13-5-10(15)9-4-11(8(3)12)16-14-9/h4-8H,12H2,1-3H3. The van der Waals surface area contributed by atoms with E-state index >= 15 is 0 Å². The van der Waals surface area contributed by atoms with Crippen LogP contribution in [-0.4, -0.2) is 14.7 Å². The maximum Gasteiger partial charge on any atom is 0.153 e. The summed E-state index contributed by atoms with van der Waals surface area (Å²) in [6.07, 6.45) is 3.57. The molecule has 2 rings (SSSR count). The van der Waals surface area contributed by atoms with Gasteiger partial charge < -0.3 is 14.8 Å². The molecule has 0 bridgehead atoms. The van der Waals surface area contributed by atoms with Crippen molar-refractivity contribution in [2.75, 3.05) is 0 Å². The molecule has 2 heterocycles. The van der Waals surface area contributed by atoms with Crippen molar-refractivity contribution in [3.05, 3.63) is 24.4 Å². The monoisotopic (exact) mass is 220 g/mol. The summed E-state index contributed by atoms with van der Waals surface area (Å²) in [6, 6.07) is 2.06. The molecule has 0 aliphatic rings. The largest absolute Gasteiger partial charge is 0.359 e. The Morgan fingerprint density at radius 2 is 2.12 bits per heavy atom. The van der Waals surface area contributed by atoms with Crippen LogP contribution in [0.4, 0.5) is 0 Å². The Bertz CT molecular complexity index is 470. The Balaban J connectivity index is 2.39. The van der Waals surface area contributed by atoms with Crippen LogP contribution in [0.5, 0.6) is 0 Å². The van der Waals surface area contributed by atoms with Crippen LogP contribution in [0.3, 0.4) is 0 Å². The van der Waals surface area contributed by atoms with Crippen LogP contribution in [0.15, 0.2) is 23.1 Å². The predicted octanol–water partition coefficient (Wildman–Crippen LogP) is 2.14. The average Bonchev–Trinajstić information content (AvgIpc) is 2.86. The molecule has 0 spiro atoms. The molecule has 0 aliphatic carbocycles. The maximum atomic E-state index is 5.72. The second kappa shape index (κ2) is 4.09. The highest BCUT2D eigenvalue weighted by molar-refractivity contribution is 5.53. The summed E-state index contributed by atoms with van der Waals surface area (Å²) >= 11 is 0. The molecule has 1 atom stereocenters. The second-order valence-corrected chi connectivity index (χ2v) is 4.18. The number of nitrogens with zero attached hydrogens (tertiary/aromatic N) is 3. The third kappa shape index (κ3) is 1.86. The van der Waals surface area contributed by atoms with Gasteiger partial charge in [-0.15, -0.1) is 0 Å². The molecule has 2 aromatic rings. The van der Waals surface area contributed by atoms with Crippen LogP contribution in [0.25, 0.3) is 11.4 Å². The van der Waals surface area contributed by atoms with E-state index < -0.39 is 0 Å². The van der Waals surface area contributed by atoms with Gasteiger partial charge in [-0.3, -0.25) is 0 Å². The van der Waals surface area contributed by atoms with E-state index in [2.05, 4.69) is 24.0 Å². The number of hydrogen-bond acceptors (Lipinski definition) is 4. The first-order chi connectivity index (χ1) is 7.59. The first kappa shape index (κ1) is 10.9. The average molecular weight is 220 g/mol. The van der Waals surface area contributed by atoms with Gasteiger partial charge >= 0.3 is 0 Å². The van der Waals surface area contributed by atoms with E-state index in [0.717, 1.165) is 11.4 Å². The van der Waals surface area contributed by atoms with Crippen LogP contribution < -0.4 is 5.73 Å². The number of rotatable bonds is 3. The van der Waals surface area contributed by atoms with Crippen molar-refractivity contribution in [2.45, 2.75) is 32.9 Å². The van der Waals surface area contributed by atoms with E-state index in [1.807, 2.05) is 17.6 Å². The molecular formula is C11H16N4O. The smallest absolute Gasteiger partial charge is 0.153 e. The number of hydrogen-bond donors (Lipinski definition) is 1. The summed E-state index contributed by atoms with van der Waals surface area (Å²) < 4.78 is 7.21. The van der Waals surface area contributed by atoms with E-state index in [4.69, 9.17) is 10.3 Å². The molecule has 0 aromatic carbocycles. The Hall–Kier alpha value is -1.62.